The van der Waals surface area contributed by atoms with Gasteiger partial charge in [-0.05, 0) is 43.0 Å². The van der Waals surface area contributed by atoms with Gasteiger partial charge in [-0.15, -0.1) is 0 Å². The summed E-state index contributed by atoms with van der Waals surface area (Å²) in [7, 11) is 0. The molecule has 0 radical (unpaired) electrons. The van der Waals surface area contributed by atoms with Crippen LogP contribution in [0.4, 0.5) is 0 Å². The van der Waals surface area contributed by atoms with Crippen molar-refractivity contribution >= 4 is 0 Å². The summed E-state index contributed by atoms with van der Waals surface area (Å²) in [6.07, 6.45) is 0. The maximum Gasteiger partial charge on any atom is 0.0367 e. The molecule has 2 N–H and O–H groups in total. The molecule has 2 unspecified atom stereocenters. The van der Waals surface area contributed by atoms with Gasteiger partial charge in [0, 0.05) is 12.0 Å². The third-order valence-electron chi connectivity index (χ3n) is 3.94. The number of benzene rings is 2. The van der Waals surface area contributed by atoms with Crippen molar-refractivity contribution in [3.05, 3.63) is 70.3 Å². The standard InChI is InChI=1S/C18H23N/c1-12-10-13(2)17(14(3)11-12)18(19)15(4)16-8-6-5-7-9-16/h5-11,15,18H,19H2,1-4H3. The van der Waals surface area contributed by atoms with E-state index in [1.807, 2.05) is 6.07 Å². The second kappa shape index (κ2) is 5.58. The van der Waals surface area contributed by atoms with Gasteiger partial charge in [-0.2, -0.15) is 0 Å². The first-order valence-electron chi connectivity index (χ1n) is 6.89. The molecule has 0 heterocycles. The fourth-order valence-corrected chi connectivity index (χ4v) is 2.93. The Labute approximate surface area is 116 Å². The zero-order valence-electron chi connectivity index (χ0n) is 12.3. The summed E-state index contributed by atoms with van der Waals surface area (Å²) < 4.78 is 0. The van der Waals surface area contributed by atoms with Gasteiger partial charge in [0.1, 0.15) is 0 Å². The highest BCUT2D eigenvalue weighted by molar-refractivity contribution is 5.41. The van der Waals surface area contributed by atoms with E-state index in [2.05, 4.69) is 64.1 Å². The smallest absolute Gasteiger partial charge is 0.0367 e. The highest BCUT2D eigenvalue weighted by Crippen LogP contribution is 2.32. The molecule has 0 saturated carbocycles. The van der Waals surface area contributed by atoms with Gasteiger partial charge in [0.2, 0.25) is 0 Å². The number of nitrogens with two attached hydrogens (primary N) is 1. The molecule has 1 nitrogen and oxygen atoms in total. The van der Waals surface area contributed by atoms with Crippen molar-refractivity contribution in [1.82, 2.24) is 0 Å². The van der Waals surface area contributed by atoms with E-state index in [0.717, 1.165) is 0 Å². The van der Waals surface area contributed by atoms with Crippen LogP contribution < -0.4 is 5.73 Å². The summed E-state index contributed by atoms with van der Waals surface area (Å²) in [6, 6.07) is 15.0. The van der Waals surface area contributed by atoms with E-state index in [1.54, 1.807) is 0 Å². The molecule has 2 aromatic rings. The lowest BCUT2D eigenvalue weighted by Crippen LogP contribution is -2.20. The highest BCUT2D eigenvalue weighted by Gasteiger charge is 2.20. The fourth-order valence-electron chi connectivity index (χ4n) is 2.93. The lowest BCUT2D eigenvalue weighted by Gasteiger charge is -2.24. The first-order valence-corrected chi connectivity index (χ1v) is 6.89. The van der Waals surface area contributed by atoms with Crippen molar-refractivity contribution in [2.45, 2.75) is 39.7 Å². The van der Waals surface area contributed by atoms with Crippen LogP contribution in [0.25, 0.3) is 0 Å². The normalized spacial score (nSPS) is 14.2. The van der Waals surface area contributed by atoms with Crippen molar-refractivity contribution < 1.29 is 0 Å². The molecule has 0 bridgehead atoms. The van der Waals surface area contributed by atoms with Crippen LogP contribution in [0.3, 0.4) is 0 Å². The molecule has 0 fully saturated rings. The third-order valence-corrected chi connectivity index (χ3v) is 3.94. The van der Waals surface area contributed by atoms with E-state index in [0.29, 0.717) is 5.92 Å². The highest BCUT2D eigenvalue weighted by atomic mass is 14.7. The molecular formula is C18H23N. The summed E-state index contributed by atoms with van der Waals surface area (Å²) in [5.74, 6) is 0.321. The summed E-state index contributed by atoms with van der Waals surface area (Å²) in [4.78, 5) is 0. The first kappa shape index (κ1) is 13.8. The molecule has 0 aliphatic rings. The van der Waals surface area contributed by atoms with Crippen molar-refractivity contribution in [3.63, 3.8) is 0 Å². The fraction of sp³-hybridized carbons (Fsp3) is 0.333. The third kappa shape index (κ3) is 2.87. The zero-order valence-corrected chi connectivity index (χ0v) is 12.3. The maximum atomic E-state index is 6.52. The second-order valence-electron chi connectivity index (χ2n) is 5.54. The first-order chi connectivity index (χ1) is 9.00. The van der Waals surface area contributed by atoms with E-state index in [4.69, 9.17) is 5.73 Å². The monoisotopic (exact) mass is 253 g/mol. The largest absolute Gasteiger partial charge is 0.323 e. The molecule has 2 atom stereocenters. The number of aryl methyl sites for hydroxylation is 3. The topological polar surface area (TPSA) is 26.0 Å². The lowest BCUT2D eigenvalue weighted by molar-refractivity contribution is 0.592. The summed E-state index contributed by atoms with van der Waals surface area (Å²) in [6.45, 7) is 8.66. The summed E-state index contributed by atoms with van der Waals surface area (Å²) in [5, 5.41) is 0. The predicted molar refractivity (Wildman–Crippen MR) is 82.4 cm³/mol. The molecule has 0 saturated heterocycles. The van der Waals surface area contributed by atoms with Crippen LogP contribution in [0.15, 0.2) is 42.5 Å². The SMILES string of the molecule is Cc1cc(C)c(C(N)C(C)c2ccccc2)c(C)c1. The van der Waals surface area contributed by atoms with E-state index < -0.39 is 0 Å². The van der Waals surface area contributed by atoms with Gasteiger partial charge in [0.15, 0.2) is 0 Å². The molecule has 0 aliphatic heterocycles. The molecule has 0 spiro atoms. The number of rotatable bonds is 3. The minimum atomic E-state index is 0.0444. The van der Waals surface area contributed by atoms with E-state index in [1.165, 1.54) is 27.8 Å². The maximum absolute atomic E-state index is 6.52. The molecule has 1 heteroatoms. The van der Waals surface area contributed by atoms with E-state index >= 15 is 0 Å². The Morgan fingerprint density at radius 3 is 1.95 bits per heavy atom. The number of hydrogen-bond acceptors (Lipinski definition) is 1. The van der Waals surface area contributed by atoms with Gasteiger partial charge in [0.25, 0.3) is 0 Å². The van der Waals surface area contributed by atoms with Crippen LogP contribution in [0.2, 0.25) is 0 Å². The second-order valence-corrected chi connectivity index (χ2v) is 5.54. The van der Waals surface area contributed by atoms with Crippen molar-refractivity contribution in [1.29, 1.82) is 0 Å². The lowest BCUT2D eigenvalue weighted by atomic mass is 9.84. The van der Waals surface area contributed by atoms with Crippen molar-refractivity contribution in [2.75, 3.05) is 0 Å². The van der Waals surface area contributed by atoms with Crippen LogP contribution in [0.5, 0.6) is 0 Å². The Kier molecular flexibility index (Phi) is 4.06. The summed E-state index contributed by atoms with van der Waals surface area (Å²) in [5.41, 5.74) is 13.0. The van der Waals surface area contributed by atoms with Crippen LogP contribution in [0, 0.1) is 20.8 Å². The Bertz CT molecular complexity index is 534. The van der Waals surface area contributed by atoms with Crippen LogP contribution in [-0.2, 0) is 0 Å². The molecule has 0 aromatic heterocycles. The molecule has 0 aliphatic carbocycles. The Morgan fingerprint density at radius 2 is 1.42 bits per heavy atom. The van der Waals surface area contributed by atoms with E-state index in [9.17, 15) is 0 Å². The number of hydrogen-bond donors (Lipinski definition) is 1. The van der Waals surface area contributed by atoms with Gasteiger partial charge in [0.05, 0.1) is 0 Å². The summed E-state index contributed by atoms with van der Waals surface area (Å²) >= 11 is 0. The average molecular weight is 253 g/mol. The Hall–Kier alpha value is -1.60. The molecule has 2 rings (SSSR count). The molecule has 19 heavy (non-hydrogen) atoms. The molecular weight excluding hydrogens is 230 g/mol. The molecule has 100 valence electrons. The zero-order chi connectivity index (χ0) is 14.0. The minimum absolute atomic E-state index is 0.0444. The van der Waals surface area contributed by atoms with Gasteiger partial charge in [-0.25, -0.2) is 0 Å². The quantitative estimate of drug-likeness (QED) is 0.861. The van der Waals surface area contributed by atoms with Gasteiger partial charge in [-0.1, -0.05) is 55.0 Å². The van der Waals surface area contributed by atoms with Crippen LogP contribution in [0.1, 0.15) is 46.7 Å². The predicted octanol–water partition coefficient (Wildman–Crippen LogP) is 4.42. The van der Waals surface area contributed by atoms with Gasteiger partial charge < -0.3 is 5.73 Å². The van der Waals surface area contributed by atoms with Crippen molar-refractivity contribution in [2.24, 2.45) is 5.73 Å². The van der Waals surface area contributed by atoms with Crippen LogP contribution >= 0.6 is 0 Å². The van der Waals surface area contributed by atoms with Gasteiger partial charge in [-0.3, -0.25) is 0 Å². The van der Waals surface area contributed by atoms with E-state index in [-0.39, 0.29) is 6.04 Å². The minimum Gasteiger partial charge on any atom is -0.323 e. The van der Waals surface area contributed by atoms with Gasteiger partial charge >= 0.3 is 0 Å². The van der Waals surface area contributed by atoms with Crippen LogP contribution in [-0.4, -0.2) is 0 Å². The Balaban J connectivity index is 2.37. The Morgan fingerprint density at radius 1 is 0.895 bits per heavy atom. The van der Waals surface area contributed by atoms with Crippen molar-refractivity contribution in [3.8, 4) is 0 Å². The average Bonchev–Trinajstić information content (AvgIpc) is 2.37. The molecule has 2 aromatic carbocycles. The molecule has 0 amide bonds.